The number of hydrogen-bond acceptors (Lipinski definition) is 3. The van der Waals surface area contributed by atoms with Gasteiger partial charge in [0.05, 0.1) is 0 Å². The molecule has 0 spiro atoms. The lowest BCUT2D eigenvalue weighted by atomic mass is 10.1. The first-order valence-electron chi connectivity index (χ1n) is 5.37. The molecular weight excluding hydrogens is 242 g/mol. The highest BCUT2D eigenvalue weighted by atomic mass is 19.1. The molecule has 0 bridgehead atoms. The van der Waals surface area contributed by atoms with E-state index in [9.17, 15) is 13.6 Å². The van der Waals surface area contributed by atoms with Crippen LogP contribution in [0.4, 0.5) is 8.78 Å². The van der Waals surface area contributed by atoms with Gasteiger partial charge in [-0.2, -0.15) is 0 Å². The number of benzene rings is 1. The van der Waals surface area contributed by atoms with Crippen LogP contribution in [0.2, 0.25) is 0 Å². The Bertz CT molecular complexity index is 473. The fraction of sp³-hybridized carbons (Fsp3) is 0.333. The van der Waals surface area contributed by atoms with Crippen LogP contribution in [-0.4, -0.2) is 18.2 Å². The van der Waals surface area contributed by atoms with Gasteiger partial charge in [-0.05, 0) is 18.1 Å². The molecule has 98 valence electrons. The highest BCUT2D eigenvalue weighted by Gasteiger charge is 2.16. The number of halogens is 2. The Hall–Kier alpha value is -1.98. The first-order chi connectivity index (χ1) is 8.41. The van der Waals surface area contributed by atoms with Crippen LogP contribution in [0.15, 0.2) is 23.4 Å². The smallest absolute Gasteiger partial charge is 0.271 e. The second kappa shape index (κ2) is 6.09. The van der Waals surface area contributed by atoms with Gasteiger partial charge in [-0.1, -0.05) is 19.0 Å². The molecule has 0 fully saturated rings. The summed E-state index contributed by atoms with van der Waals surface area (Å²) in [6.45, 7) is 4.04. The van der Waals surface area contributed by atoms with Gasteiger partial charge >= 0.3 is 0 Å². The van der Waals surface area contributed by atoms with Crippen molar-refractivity contribution in [2.45, 2.75) is 13.8 Å². The van der Waals surface area contributed by atoms with E-state index in [0.717, 1.165) is 12.1 Å². The van der Waals surface area contributed by atoms with Crippen molar-refractivity contribution >= 4 is 11.6 Å². The van der Waals surface area contributed by atoms with Crippen molar-refractivity contribution in [3.8, 4) is 0 Å². The first-order valence-corrected chi connectivity index (χ1v) is 5.37. The molecule has 1 amide bonds. The summed E-state index contributed by atoms with van der Waals surface area (Å²) >= 11 is 0. The second-order valence-electron chi connectivity index (χ2n) is 4.12. The third-order valence-electron chi connectivity index (χ3n) is 1.98. The van der Waals surface area contributed by atoms with Gasteiger partial charge in [0.2, 0.25) is 0 Å². The minimum Gasteiger partial charge on any atom is -0.395 e. The van der Waals surface area contributed by atoms with Crippen molar-refractivity contribution < 1.29 is 18.4 Å². The number of nitrogens with zero attached hydrogens (tertiary/aromatic N) is 1. The lowest BCUT2D eigenvalue weighted by molar-refractivity contribution is -0.112. The lowest BCUT2D eigenvalue weighted by Gasteiger charge is -2.06. The highest BCUT2D eigenvalue weighted by molar-refractivity contribution is 6.44. The van der Waals surface area contributed by atoms with Gasteiger partial charge in [-0.25, -0.2) is 8.78 Å². The van der Waals surface area contributed by atoms with Crippen LogP contribution in [0.1, 0.15) is 19.4 Å². The van der Waals surface area contributed by atoms with E-state index in [1.54, 1.807) is 0 Å². The van der Waals surface area contributed by atoms with Gasteiger partial charge in [0.15, 0.2) is 5.71 Å². The average Bonchev–Trinajstić information content (AvgIpc) is 2.25. The van der Waals surface area contributed by atoms with Crippen molar-refractivity contribution in [3.05, 3.63) is 35.4 Å². The summed E-state index contributed by atoms with van der Waals surface area (Å²) in [5.41, 5.74) is 4.53. The van der Waals surface area contributed by atoms with E-state index in [1.807, 2.05) is 13.8 Å². The van der Waals surface area contributed by atoms with E-state index in [1.165, 1.54) is 0 Å². The minimum atomic E-state index is -0.940. The number of oxime groups is 1. The Morgan fingerprint density at radius 3 is 2.61 bits per heavy atom. The van der Waals surface area contributed by atoms with E-state index in [4.69, 9.17) is 10.6 Å². The zero-order valence-electron chi connectivity index (χ0n) is 10.1. The van der Waals surface area contributed by atoms with Gasteiger partial charge in [0, 0.05) is 11.6 Å². The Balaban J connectivity index is 3.01. The summed E-state index contributed by atoms with van der Waals surface area (Å²) in [4.78, 5) is 16.0. The number of carbonyl (C=O) groups is 1. The SMILES string of the molecule is CC(C)CO/N=C(/C(N)=O)c1ccc(F)cc1F. The Morgan fingerprint density at radius 2 is 2.11 bits per heavy atom. The van der Waals surface area contributed by atoms with E-state index >= 15 is 0 Å². The van der Waals surface area contributed by atoms with Crippen LogP contribution in [-0.2, 0) is 9.63 Å². The van der Waals surface area contributed by atoms with Gasteiger partial charge in [0.1, 0.15) is 18.2 Å². The molecule has 0 radical (unpaired) electrons. The largest absolute Gasteiger partial charge is 0.395 e. The average molecular weight is 256 g/mol. The zero-order chi connectivity index (χ0) is 13.7. The first kappa shape index (κ1) is 14.1. The summed E-state index contributed by atoms with van der Waals surface area (Å²) in [5.74, 6) is -2.41. The van der Waals surface area contributed by atoms with Crippen LogP contribution < -0.4 is 5.73 Å². The summed E-state index contributed by atoms with van der Waals surface area (Å²) in [7, 11) is 0. The number of carbonyl (C=O) groups excluding carboxylic acids is 1. The topological polar surface area (TPSA) is 64.7 Å². The van der Waals surface area contributed by atoms with E-state index in [2.05, 4.69) is 5.16 Å². The third kappa shape index (κ3) is 3.80. The quantitative estimate of drug-likeness (QED) is 0.645. The van der Waals surface area contributed by atoms with Crippen LogP contribution in [0.25, 0.3) is 0 Å². The molecule has 0 aromatic heterocycles. The molecule has 6 heteroatoms. The number of nitrogens with two attached hydrogens (primary N) is 1. The molecule has 0 unspecified atom stereocenters. The predicted molar refractivity (Wildman–Crippen MR) is 62.9 cm³/mol. The van der Waals surface area contributed by atoms with Crippen molar-refractivity contribution in [2.24, 2.45) is 16.8 Å². The van der Waals surface area contributed by atoms with Crippen LogP contribution >= 0.6 is 0 Å². The minimum absolute atomic E-state index is 0.187. The van der Waals surface area contributed by atoms with E-state index in [-0.39, 0.29) is 23.8 Å². The Kier molecular flexibility index (Phi) is 4.76. The van der Waals surface area contributed by atoms with Gasteiger partial charge in [0.25, 0.3) is 5.91 Å². The highest BCUT2D eigenvalue weighted by Crippen LogP contribution is 2.11. The predicted octanol–water partition coefficient (Wildman–Crippen LogP) is 1.83. The summed E-state index contributed by atoms with van der Waals surface area (Å²) in [6, 6.07) is 2.75. The monoisotopic (exact) mass is 256 g/mol. The van der Waals surface area contributed by atoms with Crippen LogP contribution in [0.3, 0.4) is 0 Å². The number of amides is 1. The van der Waals surface area contributed by atoms with Crippen molar-refractivity contribution in [1.29, 1.82) is 0 Å². The molecule has 18 heavy (non-hydrogen) atoms. The number of hydrogen-bond donors (Lipinski definition) is 1. The summed E-state index contributed by atoms with van der Waals surface area (Å²) in [5, 5.41) is 3.50. The maximum atomic E-state index is 13.5. The molecule has 0 aliphatic rings. The standard InChI is InChI=1S/C12H14F2N2O2/c1-7(2)6-18-16-11(12(15)17)9-4-3-8(13)5-10(9)14/h3-5,7H,6H2,1-2H3,(H2,15,17)/b16-11+. The number of primary amides is 1. The molecular formula is C12H14F2N2O2. The molecule has 0 aliphatic carbocycles. The van der Waals surface area contributed by atoms with E-state index < -0.39 is 17.5 Å². The van der Waals surface area contributed by atoms with Crippen molar-refractivity contribution in [2.75, 3.05) is 6.61 Å². The summed E-state index contributed by atoms with van der Waals surface area (Å²) in [6.07, 6.45) is 0. The molecule has 0 saturated heterocycles. The van der Waals surface area contributed by atoms with Crippen molar-refractivity contribution in [1.82, 2.24) is 0 Å². The maximum absolute atomic E-state index is 13.5. The Labute approximate surface area is 103 Å². The van der Waals surface area contributed by atoms with Crippen LogP contribution in [0.5, 0.6) is 0 Å². The fourth-order valence-corrected chi connectivity index (χ4v) is 1.16. The van der Waals surface area contributed by atoms with Gasteiger partial charge < -0.3 is 10.6 Å². The van der Waals surface area contributed by atoms with Crippen molar-refractivity contribution in [3.63, 3.8) is 0 Å². The summed E-state index contributed by atoms with van der Waals surface area (Å²) < 4.78 is 26.2. The van der Waals surface area contributed by atoms with Gasteiger partial charge in [-0.3, -0.25) is 4.79 Å². The molecule has 1 aromatic rings. The van der Waals surface area contributed by atoms with E-state index in [0.29, 0.717) is 6.07 Å². The lowest BCUT2D eigenvalue weighted by Crippen LogP contribution is -2.25. The molecule has 4 nitrogen and oxygen atoms in total. The molecule has 1 aromatic carbocycles. The number of rotatable bonds is 5. The Morgan fingerprint density at radius 1 is 1.44 bits per heavy atom. The zero-order valence-corrected chi connectivity index (χ0v) is 10.1. The normalized spacial score (nSPS) is 11.7. The molecule has 0 aliphatic heterocycles. The van der Waals surface area contributed by atoms with Gasteiger partial charge in [-0.15, -0.1) is 0 Å². The third-order valence-corrected chi connectivity index (χ3v) is 1.98. The molecule has 0 heterocycles. The maximum Gasteiger partial charge on any atom is 0.271 e. The molecule has 2 N–H and O–H groups in total. The molecule has 0 saturated carbocycles. The molecule has 1 rings (SSSR count). The second-order valence-corrected chi connectivity index (χ2v) is 4.12. The fourth-order valence-electron chi connectivity index (χ4n) is 1.16. The van der Waals surface area contributed by atoms with Crippen LogP contribution in [0, 0.1) is 17.6 Å². The molecule has 0 atom stereocenters.